The lowest BCUT2D eigenvalue weighted by molar-refractivity contribution is 0.136. The SMILES string of the molecule is CNC(c1c(Cl)cnn1C(C)C)C(C)(C)N(C)C. The molecule has 104 valence electrons. The van der Waals surface area contributed by atoms with Crippen LogP contribution in [0.4, 0.5) is 0 Å². The van der Waals surface area contributed by atoms with Crippen LogP contribution in [0.1, 0.15) is 45.5 Å². The lowest BCUT2D eigenvalue weighted by Crippen LogP contribution is -2.49. The summed E-state index contributed by atoms with van der Waals surface area (Å²) in [7, 11) is 6.12. The summed E-state index contributed by atoms with van der Waals surface area (Å²) in [5.74, 6) is 0. The fraction of sp³-hybridized carbons (Fsp3) is 0.769. The van der Waals surface area contributed by atoms with Crippen LogP contribution in [0.25, 0.3) is 0 Å². The quantitative estimate of drug-likeness (QED) is 0.895. The van der Waals surface area contributed by atoms with Crippen molar-refractivity contribution in [3.8, 4) is 0 Å². The minimum atomic E-state index is -0.0644. The van der Waals surface area contributed by atoms with Crippen LogP contribution in [0.5, 0.6) is 0 Å². The zero-order valence-corrected chi connectivity index (χ0v) is 13.2. The summed E-state index contributed by atoms with van der Waals surface area (Å²) in [6.07, 6.45) is 1.73. The van der Waals surface area contributed by atoms with Crippen LogP contribution in [0.15, 0.2) is 6.20 Å². The van der Waals surface area contributed by atoms with Gasteiger partial charge in [0.2, 0.25) is 0 Å². The van der Waals surface area contributed by atoms with Gasteiger partial charge >= 0.3 is 0 Å². The molecule has 1 aromatic heterocycles. The minimum Gasteiger partial charge on any atom is -0.310 e. The predicted molar refractivity (Wildman–Crippen MR) is 77.2 cm³/mol. The summed E-state index contributed by atoms with van der Waals surface area (Å²) in [6.45, 7) is 8.62. The molecule has 1 rings (SSSR count). The molecule has 0 aliphatic heterocycles. The Hall–Kier alpha value is -0.580. The van der Waals surface area contributed by atoms with Gasteiger partial charge in [-0.3, -0.25) is 4.68 Å². The van der Waals surface area contributed by atoms with Gasteiger partial charge in [0.15, 0.2) is 0 Å². The molecule has 1 N–H and O–H groups in total. The zero-order valence-electron chi connectivity index (χ0n) is 12.5. The molecule has 0 aliphatic carbocycles. The maximum Gasteiger partial charge on any atom is 0.0835 e. The first-order valence-corrected chi connectivity index (χ1v) is 6.68. The molecule has 5 heteroatoms. The molecule has 1 atom stereocenters. The van der Waals surface area contributed by atoms with Gasteiger partial charge in [0, 0.05) is 11.6 Å². The van der Waals surface area contributed by atoms with E-state index in [4.69, 9.17) is 11.6 Å². The van der Waals surface area contributed by atoms with Crippen molar-refractivity contribution in [3.05, 3.63) is 16.9 Å². The standard InChI is InChI=1S/C13H25ClN4/c1-9(2)18-11(10(14)8-16-18)12(15-5)13(3,4)17(6)7/h8-9,12,15H,1-7H3. The van der Waals surface area contributed by atoms with Crippen molar-refractivity contribution in [2.45, 2.75) is 45.3 Å². The Labute approximate surface area is 115 Å². The molecular weight excluding hydrogens is 248 g/mol. The van der Waals surface area contributed by atoms with E-state index in [1.165, 1.54) is 0 Å². The highest BCUT2D eigenvalue weighted by Crippen LogP contribution is 2.34. The minimum absolute atomic E-state index is 0.0644. The van der Waals surface area contributed by atoms with Crippen molar-refractivity contribution in [2.75, 3.05) is 21.1 Å². The molecule has 0 amide bonds. The molecule has 0 aromatic carbocycles. The van der Waals surface area contributed by atoms with Gasteiger partial charge in [-0.2, -0.15) is 5.10 Å². The number of aromatic nitrogens is 2. The second kappa shape index (κ2) is 5.59. The Balaban J connectivity index is 3.29. The molecule has 0 saturated heterocycles. The number of rotatable bonds is 5. The highest BCUT2D eigenvalue weighted by molar-refractivity contribution is 6.31. The highest BCUT2D eigenvalue weighted by Gasteiger charge is 2.35. The van der Waals surface area contributed by atoms with Crippen molar-refractivity contribution < 1.29 is 0 Å². The van der Waals surface area contributed by atoms with E-state index < -0.39 is 0 Å². The van der Waals surface area contributed by atoms with Gasteiger partial charge < -0.3 is 10.2 Å². The summed E-state index contributed by atoms with van der Waals surface area (Å²) in [6, 6.07) is 0.409. The average Bonchev–Trinajstić information content (AvgIpc) is 2.61. The maximum atomic E-state index is 6.33. The van der Waals surface area contributed by atoms with Crippen molar-refractivity contribution >= 4 is 11.6 Å². The van der Waals surface area contributed by atoms with Gasteiger partial charge in [0.05, 0.1) is 23.0 Å². The predicted octanol–water partition coefficient (Wildman–Crippen LogP) is 2.72. The van der Waals surface area contributed by atoms with Crippen molar-refractivity contribution in [1.82, 2.24) is 20.0 Å². The molecule has 1 heterocycles. The second-order valence-electron chi connectivity index (χ2n) is 5.69. The summed E-state index contributed by atoms with van der Waals surface area (Å²) < 4.78 is 1.99. The Morgan fingerprint density at radius 3 is 2.33 bits per heavy atom. The van der Waals surface area contributed by atoms with E-state index in [9.17, 15) is 0 Å². The molecule has 0 bridgehead atoms. The number of hydrogen-bond acceptors (Lipinski definition) is 3. The van der Waals surface area contributed by atoms with E-state index in [2.05, 4.69) is 57.1 Å². The first-order chi connectivity index (χ1) is 8.23. The number of nitrogens with zero attached hydrogens (tertiary/aromatic N) is 3. The molecule has 0 saturated carbocycles. The van der Waals surface area contributed by atoms with Gasteiger partial charge in [-0.1, -0.05) is 11.6 Å². The van der Waals surface area contributed by atoms with E-state index >= 15 is 0 Å². The third-order valence-corrected chi connectivity index (χ3v) is 3.99. The van der Waals surface area contributed by atoms with E-state index in [-0.39, 0.29) is 11.6 Å². The lowest BCUT2D eigenvalue weighted by Gasteiger charge is -2.40. The Morgan fingerprint density at radius 1 is 1.39 bits per heavy atom. The normalized spacial score (nSPS) is 14.6. The van der Waals surface area contributed by atoms with Crippen molar-refractivity contribution in [3.63, 3.8) is 0 Å². The van der Waals surface area contributed by atoms with Crippen LogP contribution in [0.2, 0.25) is 5.02 Å². The van der Waals surface area contributed by atoms with Crippen molar-refractivity contribution in [2.24, 2.45) is 0 Å². The van der Waals surface area contributed by atoms with Crippen LogP contribution < -0.4 is 5.32 Å². The molecule has 0 radical (unpaired) electrons. The van der Waals surface area contributed by atoms with E-state index in [0.29, 0.717) is 6.04 Å². The number of nitrogens with one attached hydrogen (secondary N) is 1. The third-order valence-electron chi connectivity index (χ3n) is 3.70. The molecule has 4 nitrogen and oxygen atoms in total. The fourth-order valence-corrected chi connectivity index (χ4v) is 2.35. The fourth-order valence-electron chi connectivity index (χ4n) is 2.12. The van der Waals surface area contributed by atoms with Gasteiger partial charge in [0.25, 0.3) is 0 Å². The Kier molecular flexibility index (Phi) is 4.81. The Bertz CT molecular complexity index is 396. The summed E-state index contributed by atoms with van der Waals surface area (Å²) in [5, 5.41) is 8.48. The largest absolute Gasteiger partial charge is 0.310 e. The van der Waals surface area contributed by atoms with Gasteiger partial charge in [-0.15, -0.1) is 0 Å². The zero-order chi connectivity index (χ0) is 14.1. The van der Waals surface area contributed by atoms with Crippen LogP contribution in [-0.2, 0) is 0 Å². The highest BCUT2D eigenvalue weighted by atomic mass is 35.5. The summed E-state index contributed by atoms with van der Waals surface area (Å²) in [5.41, 5.74) is 0.985. The molecule has 0 fully saturated rings. The number of halogens is 1. The molecule has 0 spiro atoms. The van der Waals surface area contributed by atoms with Crippen LogP contribution >= 0.6 is 11.6 Å². The van der Waals surface area contributed by atoms with Crippen molar-refractivity contribution in [1.29, 1.82) is 0 Å². The number of likely N-dealkylation sites (N-methyl/N-ethyl adjacent to an activating group) is 2. The first-order valence-electron chi connectivity index (χ1n) is 6.31. The summed E-state index contributed by atoms with van der Waals surface area (Å²) >= 11 is 6.33. The van der Waals surface area contributed by atoms with Crippen LogP contribution in [-0.4, -0.2) is 41.4 Å². The lowest BCUT2D eigenvalue weighted by atomic mass is 9.90. The average molecular weight is 273 g/mol. The smallest absolute Gasteiger partial charge is 0.0835 e. The van der Waals surface area contributed by atoms with E-state index in [1.54, 1.807) is 6.20 Å². The molecular formula is C13H25ClN4. The maximum absolute atomic E-state index is 6.33. The molecule has 18 heavy (non-hydrogen) atoms. The van der Waals surface area contributed by atoms with Gasteiger partial charge in [-0.05, 0) is 48.8 Å². The monoisotopic (exact) mass is 272 g/mol. The Morgan fingerprint density at radius 2 is 1.94 bits per heavy atom. The summed E-state index contributed by atoms with van der Waals surface area (Å²) in [4.78, 5) is 2.20. The molecule has 1 aromatic rings. The molecule has 0 aliphatic rings. The first kappa shape index (κ1) is 15.5. The topological polar surface area (TPSA) is 33.1 Å². The van der Waals surface area contributed by atoms with Crippen LogP contribution in [0, 0.1) is 0 Å². The van der Waals surface area contributed by atoms with Gasteiger partial charge in [0.1, 0.15) is 0 Å². The second-order valence-corrected chi connectivity index (χ2v) is 6.09. The number of hydrogen-bond donors (Lipinski definition) is 1. The van der Waals surface area contributed by atoms with Gasteiger partial charge in [-0.25, -0.2) is 0 Å². The third kappa shape index (κ3) is 2.71. The van der Waals surface area contributed by atoms with E-state index in [0.717, 1.165) is 10.7 Å². The van der Waals surface area contributed by atoms with E-state index in [1.807, 2.05) is 11.7 Å². The molecule has 1 unspecified atom stereocenters. The van der Waals surface area contributed by atoms with Crippen LogP contribution in [0.3, 0.4) is 0 Å².